The fraction of sp³-hybridized carbons (Fsp3) is 0.471. The van der Waals surface area contributed by atoms with Crippen LogP contribution in [0.25, 0.3) is 11.3 Å². The van der Waals surface area contributed by atoms with E-state index in [1.807, 2.05) is 38.4 Å². The van der Waals surface area contributed by atoms with E-state index in [4.69, 9.17) is 0 Å². The van der Waals surface area contributed by atoms with Crippen LogP contribution in [0.1, 0.15) is 42.1 Å². The average molecular weight is 275 g/mol. The van der Waals surface area contributed by atoms with Gasteiger partial charge in [-0.15, -0.1) is 0 Å². The van der Waals surface area contributed by atoms with Crippen LogP contribution >= 0.6 is 0 Å². The van der Waals surface area contributed by atoms with Crippen LogP contribution < -0.4 is 5.32 Å². The standard InChI is InChI=1S/C15H21N3.C2H6.H2/c1-12(2)16-9-13(3)18-10-15(17-11-18)14-7-5-4-6-8-14;1-2;/h4-8,10-13,16H,9H2,1-3H3;1-2H3;1H. The molecule has 1 aromatic carbocycles. The molecule has 0 amide bonds. The normalized spacial score (nSPS) is 11.9. The molecule has 0 aliphatic heterocycles. The number of nitrogens with zero attached hydrogens (tertiary/aromatic N) is 2. The summed E-state index contributed by atoms with van der Waals surface area (Å²) in [5, 5.41) is 3.44. The van der Waals surface area contributed by atoms with Gasteiger partial charge in [0.2, 0.25) is 0 Å². The van der Waals surface area contributed by atoms with Crippen LogP contribution in [0.3, 0.4) is 0 Å². The maximum atomic E-state index is 4.47. The Hall–Kier alpha value is -1.61. The second-order valence-corrected chi connectivity index (χ2v) is 4.98. The second kappa shape index (κ2) is 8.54. The molecular weight excluding hydrogens is 246 g/mol. The predicted molar refractivity (Wildman–Crippen MR) is 89.0 cm³/mol. The molecule has 3 heteroatoms. The monoisotopic (exact) mass is 275 g/mol. The van der Waals surface area contributed by atoms with Crippen molar-refractivity contribution in [2.24, 2.45) is 0 Å². The van der Waals surface area contributed by atoms with Gasteiger partial charge in [-0.05, 0) is 6.92 Å². The largest absolute Gasteiger partial charge is 0.333 e. The van der Waals surface area contributed by atoms with Crippen LogP contribution in [0.5, 0.6) is 0 Å². The van der Waals surface area contributed by atoms with Crippen molar-refractivity contribution in [1.29, 1.82) is 0 Å². The van der Waals surface area contributed by atoms with Gasteiger partial charge < -0.3 is 9.88 Å². The van der Waals surface area contributed by atoms with E-state index in [-0.39, 0.29) is 1.43 Å². The Bertz CT molecular complexity index is 480. The number of rotatable bonds is 5. The topological polar surface area (TPSA) is 29.9 Å². The van der Waals surface area contributed by atoms with Gasteiger partial charge in [0.05, 0.1) is 12.0 Å². The summed E-state index contributed by atoms with van der Waals surface area (Å²) in [5.41, 5.74) is 2.20. The molecule has 0 aliphatic carbocycles. The SMILES string of the molecule is CC.CC(C)NCC(C)n1cnc(-c2ccccc2)c1.[HH]. The predicted octanol–water partition coefficient (Wildman–Crippen LogP) is 4.38. The van der Waals surface area contributed by atoms with E-state index in [0.29, 0.717) is 12.1 Å². The molecule has 20 heavy (non-hydrogen) atoms. The van der Waals surface area contributed by atoms with E-state index in [1.165, 1.54) is 5.56 Å². The molecule has 0 fully saturated rings. The van der Waals surface area contributed by atoms with Gasteiger partial charge in [0.15, 0.2) is 0 Å². The second-order valence-electron chi connectivity index (χ2n) is 4.98. The van der Waals surface area contributed by atoms with Gasteiger partial charge in [0.25, 0.3) is 0 Å². The minimum atomic E-state index is 0. The Morgan fingerprint density at radius 1 is 1.15 bits per heavy atom. The lowest BCUT2D eigenvalue weighted by molar-refractivity contribution is 0.464. The van der Waals surface area contributed by atoms with Crippen molar-refractivity contribution in [1.82, 2.24) is 14.9 Å². The Morgan fingerprint density at radius 2 is 1.80 bits per heavy atom. The van der Waals surface area contributed by atoms with Gasteiger partial charge in [-0.3, -0.25) is 0 Å². The highest BCUT2D eigenvalue weighted by Gasteiger charge is 2.07. The Balaban J connectivity index is 0.00000128. The number of nitrogens with one attached hydrogen (secondary N) is 1. The van der Waals surface area contributed by atoms with Gasteiger partial charge in [0.1, 0.15) is 0 Å². The number of hydrogen-bond donors (Lipinski definition) is 1. The fourth-order valence-electron chi connectivity index (χ4n) is 1.85. The van der Waals surface area contributed by atoms with E-state index in [2.05, 4.69) is 54.0 Å². The van der Waals surface area contributed by atoms with Gasteiger partial charge >= 0.3 is 0 Å². The molecule has 0 aliphatic rings. The lowest BCUT2D eigenvalue weighted by Gasteiger charge is -2.15. The van der Waals surface area contributed by atoms with Crippen LogP contribution in [0, 0.1) is 0 Å². The van der Waals surface area contributed by atoms with E-state index >= 15 is 0 Å². The third-order valence-corrected chi connectivity index (χ3v) is 3.00. The smallest absolute Gasteiger partial charge is 0.0956 e. The first kappa shape index (κ1) is 16.4. The van der Waals surface area contributed by atoms with Crippen molar-refractivity contribution in [2.75, 3.05) is 6.54 Å². The summed E-state index contributed by atoms with van der Waals surface area (Å²) in [6.45, 7) is 11.5. The molecule has 0 radical (unpaired) electrons. The maximum Gasteiger partial charge on any atom is 0.0956 e. The van der Waals surface area contributed by atoms with Crippen LogP contribution in [0.2, 0.25) is 0 Å². The summed E-state index contributed by atoms with van der Waals surface area (Å²) < 4.78 is 2.16. The summed E-state index contributed by atoms with van der Waals surface area (Å²) in [6, 6.07) is 11.2. The van der Waals surface area contributed by atoms with Gasteiger partial charge in [-0.1, -0.05) is 58.0 Å². The highest BCUT2D eigenvalue weighted by molar-refractivity contribution is 5.57. The molecule has 0 saturated carbocycles. The van der Waals surface area contributed by atoms with Crippen LogP contribution in [-0.2, 0) is 0 Å². The zero-order valence-electron chi connectivity index (χ0n) is 13.3. The molecule has 1 aromatic heterocycles. The van der Waals surface area contributed by atoms with Crippen molar-refractivity contribution in [3.05, 3.63) is 42.9 Å². The first-order valence-corrected chi connectivity index (χ1v) is 7.49. The average Bonchev–Trinajstić information content (AvgIpc) is 2.97. The first-order chi connectivity index (χ1) is 9.66. The molecule has 0 saturated heterocycles. The number of aromatic nitrogens is 2. The summed E-state index contributed by atoms with van der Waals surface area (Å²) in [7, 11) is 0. The number of imidazole rings is 1. The van der Waals surface area contributed by atoms with Crippen LogP contribution in [0.4, 0.5) is 0 Å². The molecule has 1 unspecified atom stereocenters. The van der Waals surface area contributed by atoms with Crippen LogP contribution in [-0.4, -0.2) is 22.1 Å². The van der Waals surface area contributed by atoms with Crippen molar-refractivity contribution >= 4 is 0 Å². The molecule has 1 heterocycles. The minimum Gasteiger partial charge on any atom is -0.333 e. The molecule has 112 valence electrons. The Labute approximate surface area is 124 Å². The first-order valence-electron chi connectivity index (χ1n) is 7.49. The summed E-state index contributed by atoms with van der Waals surface area (Å²) >= 11 is 0. The van der Waals surface area contributed by atoms with Gasteiger partial charge in [0, 0.05) is 31.8 Å². The van der Waals surface area contributed by atoms with Crippen molar-refractivity contribution in [2.45, 2.75) is 46.7 Å². The number of benzene rings is 1. The van der Waals surface area contributed by atoms with Crippen molar-refractivity contribution in [3.8, 4) is 11.3 Å². The quantitative estimate of drug-likeness (QED) is 0.877. The zero-order valence-corrected chi connectivity index (χ0v) is 13.3. The third-order valence-electron chi connectivity index (χ3n) is 3.00. The summed E-state index contributed by atoms with van der Waals surface area (Å²) in [4.78, 5) is 4.47. The van der Waals surface area contributed by atoms with E-state index in [1.54, 1.807) is 0 Å². The van der Waals surface area contributed by atoms with E-state index < -0.39 is 0 Å². The molecule has 0 bridgehead atoms. The molecule has 0 spiro atoms. The van der Waals surface area contributed by atoms with E-state index in [0.717, 1.165) is 12.2 Å². The van der Waals surface area contributed by atoms with Gasteiger partial charge in [-0.25, -0.2) is 4.98 Å². The van der Waals surface area contributed by atoms with Crippen molar-refractivity contribution < 1.29 is 1.43 Å². The molecule has 3 nitrogen and oxygen atoms in total. The third kappa shape index (κ3) is 4.82. The molecule has 1 atom stereocenters. The fourth-order valence-corrected chi connectivity index (χ4v) is 1.85. The van der Waals surface area contributed by atoms with Crippen LogP contribution in [0.15, 0.2) is 42.9 Å². The highest BCUT2D eigenvalue weighted by Crippen LogP contribution is 2.17. The zero-order chi connectivity index (χ0) is 15.0. The van der Waals surface area contributed by atoms with Gasteiger partial charge in [-0.2, -0.15) is 0 Å². The van der Waals surface area contributed by atoms with Crippen molar-refractivity contribution in [3.63, 3.8) is 0 Å². The molecular formula is C17H29N3. The summed E-state index contributed by atoms with van der Waals surface area (Å²) in [5.74, 6) is 0. The Morgan fingerprint density at radius 3 is 2.40 bits per heavy atom. The highest BCUT2D eigenvalue weighted by atomic mass is 15.1. The maximum absolute atomic E-state index is 4.47. The lowest BCUT2D eigenvalue weighted by atomic mass is 10.2. The lowest BCUT2D eigenvalue weighted by Crippen LogP contribution is -2.28. The molecule has 1 N–H and O–H groups in total. The molecule has 2 rings (SSSR count). The molecule has 2 aromatic rings. The number of hydrogen-bond acceptors (Lipinski definition) is 2. The summed E-state index contributed by atoms with van der Waals surface area (Å²) in [6.07, 6.45) is 4.02. The Kier molecular flexibility index (Phi) is 7.02. The van der Waals surface area contributed by atoms with E-state index in [9.17, 15) is 0 Å². The minimum absolute atomic E-state index is 0.